The lowest BCUT2D eigenvalue weighted by molar-refractivity contribution is -0.106. The Morgan fingerprint density at radius 1 is 1.33 bits per heavy atom. The van der Waals surface area contributed by atoms with Crippen molar-refractivity contribution in [1.29, 1.82) is 0 Å². The van der Waals surface area contributed by atoms with E-state index in [0.29, 0.717) is 12.0 Å². The summed E-state index contributed by atoms with van der Waals surface area (Å²) in [6, 6.07) is 0. The van der Waals surface area contributed by atoms with Gasteiger partial charge < -0.3 is 10.2 Å². The summed E-state index contributed by atoms with van der Waals surface area (Å²) >= 11 is 0. The summed E-state index contributed by atoms with van der Waals surface area (Å²) in [5, 5.41) is 20.1. The summed E-state index contributed by atoms with van der Waals surface area (Å²) in [5.41, 5.74) is 1.01. The molecule has 0 aromatic heterocycles. The summed E-state index contributed by atoms with van der Waals surface area (Å²) in [6.07, 6.45) is 4.58. The Labute approximate surface area is 109 Å². The van der Waals surface area contributed by atoms with E-state index in [-0.39, 0.29) is 11.3 Å². The smallest absolute Gasteiger partial charge is 0.148 e. The quantitative estimate of drug-likeness (QED) is 0.741. The summed E-state index contributed by atoms with van der Waals surface area (Å²) in [5.74, 6) is 0.181. The van der Waals surface area contributed by atoms with Gasteiger partial charge in [-0.2, -0.15) is 0 Å². The average Bonchev–Trinajstić information content (AvgIpc) is 2.28. The van der Waals surface area contributed by atoms with Crippen molar-refractivity contribution in [2.75, 3.05) is 0 Å². The molecular weight excluding hydrogens is 228 g/mol. The molecule has 0 heterocycles. The Bertz CT molecular complexity index is 378. The first-order valence-corrected chi connectivity index (χ1v) is 6.87. The van der Waals surface area contributed by atoms with Gasteiger partial charge in [-0.05, 0) is 57.3 Å². The Kier molecular flexibility index (Phi) is 3.41. The zero-order valence-corrected chi connectivity index (χ0v) is 11.6. The first-order valence-electron chi connectivity index (χ1n) is 6.87. The fourth-order valence-electron chi connectivity index (χ4n) is 3.55. The van der Waals surface area contributed by atoms with Crippen LogP contribution in [0.25, 0.3) is 0 Å². The first-order chi connectivity index (χ1) is 8.28. The maximum atomic E-state index is 11.2. The highest BCUT2D eigenvalue weighted by Gasteiger charge is 2.44. The molecule has 0 bridgehead atoms. The second-order valence-corrected chi connectivity index (χ2v) is 6.76. The van der Waals surface area contributed by atoms with E-state index >= 15 is 0 Å². The highest BCUT2D eigenvalue weighted by Crippen LogP contribution is 2.52. The molecule has 2 rings (SSSR count). The highest BCUT2D eigenvalue weighted by atomic mass is 16.3. The molecule has 0 amide bonds. The normalized spacial score (nSPS) is 37.4. The van der Waals surface area contributed by atoms with E-state index in [4.69, 9.17) is 0 Å². The number of allylic oxidation sites excluding steroid dienone is 1. The molecule has 0 saturated heterocycles. The van der Waals surface area contributed by atoms with E-state index in [1.807, 2.05) is 13.8 Å². The van der Waals surface area contributed by atoms with E-state index in [1.165, 1.54) is 0 Å². The Morgan fingerprint density at radius 3 is 2.50 bits per heavy atom. The molecule has 102 valence electrons. The minimum Gasteiger partial charge on any atom is -0.390 e. The van der Waals surface area contributed by atoms with Crippen molar-refractivity contribution in [1.82, 2.24) is 0 Å². The number of hydrogen-bond donors (Lipinski definition) is 2. The van der Waals surface area contributed by atoms with Crippen LogP contribution in [0, 0.1) is 11.3 Å². The molecule has 3 atom stereocenters. The highest BCUT2D eigenvalue weighted by molar-refractivity contribution is 5.77. The molecule has 0 aliphatic heterocycles. The van der Waals surface area contributed by atoms with Crippen molar-refractivity contribution >= 4 is 6.29 Å². The molecule has 1 saturated carbocycles. The van der Waals surface area contributed by atoms with Gasteiger partial charge in [0.25, 0.3) is 0 Å². The number of carbonyl (C=O) groups excluding carboxylic acids is 1. The number of rotatable bonds is 2. The second-order valence-electron chi connectivity index (χ2n) is 6.76. The van der Waals surface area contributed by atoms with Crippen LogP contribution in [0.2, 0.25) is 0 Å². The predicted molar refractivity (Wildman–Crippen MR) is 70.1 cm³/mol. The van der Waals surface area contributed by atoms with Crippen LogP contribution < -0.4 is 0 Å². The molecule has 3 nitrogen and oxygen atoms in total. The lowest BCUT2D eigenvalue weighted by atomic mass is 9.59. The zero-order valence-electron chi connectivity index (χ0n) is 11.6. The second kappa shape index (κ2) is 4.46. The molecule has 0 spiro atoms. The molecule has 2 aliphatic carbocycles. The maximum absolute atomic E-state index is 11.2. The number of aldehydes is 1. The summed E-state index contributed by atoms with van der Waals surface area (Å²) in [7, 11) is 0. The Balaban J connectivity index is 2.37. The van der Waals surface area contributed by atoms with Gasteiger partial charge in [0.1, 0.15) is 6.29 Å². The van der Waals surface area contributed by atoms with Crippen molar-refractivity contribution < 1.29 is 15.0 Å². The lowest BCUT2D eigenvalue weighted by Gasteiger charge is -2.47. The van der Waals surface area contributed by atoms with Crippen molar-refractivity contribution in [3.05, 3.63) is 11.1 Å². The van der Waals surface area contributed by atoms with Crippen LogP contribution in [0.4, 0.5) is 0 Å². The van der Waals surface area contributed by atoms with Gasteiger partial charge in [0, 0.05) is 5.57 Å². The van der Waals surface area contributed by atoms with Crippen LogP contribution in [0.15, 0.2) is 11.1 Å². The third kappa shape index (κ3) is 2.26. The molecule has 0 aromatic carbocycles. The summed E-state index contributed by atoms with van der Waals surface area (Å²) in [4.78, 5) is 11.2. The van der Waals surface area contributed by atoms with E-state index in [1.54, 1.807) is 0 Å². The third-order valence-electron chi connectivity index (χ3n) is 5.03. The Hall–Kier alpha value is -0.670. The van der Waals surface area contributed by atoms with Crippen molar-refractivity contribution in [2.24, 2.45) is 11.3 Å². The topological polar surface area (TPSA) is 57.5 Å². The average molecular weight is 252 g/mol. The van der Waals surface area contributed by atoms with Gasteiger partial charge in [0.05, 0.1) is 11.7 Å². The maximum Gasteiger partial charge on any atom is 0.148 e. The van der Waals surface area contributed by atoms with Crippen LogP contribution in [0.1, 0.15) is 52.9 Å². The summed E-state index contributed by atoms with van der Waals surface area (Å²) < 4.78 is 0. The number of aliphatic hydroxyl groups is 2. The van der Waals surface area contributed by atoms with E-state index in [2.05, 4.69) is 6.92 Å². The largest absolute Gasteiger partial charge is 0.390 e. The molecule has 18 heavy (non-hydrogen) atoms. The standard InChI is InChI=1S/C15H24O3/c1-14(2,18)10-4-6-15(3)7-5-13(17)11(9-16)12(15)8-10/h9-10,13,17-18H,4-8H2,1-3H3. The van der Waals surface area contributed by atoms with E-state index in [0.717, 1.165) is 37.5 Å². The van der Waals surface area contributed by atoms with Crippen molar-refractivity contribution in [2.45, 2.75) is 64.6 Å². The van der Waals surface area contributed by atoms with E-state index in [9.17, 15) is 15.0 Å². The van der Waals surface area contributed by atoms with Crippen LogP contribution in [-0.2, 0) is 4.79 Å². The van der Waals surface area contributed by atoms with Crippen LogP contribution in [-0.4, -0.2) is 28.2 Å². The van der Waals surface area contributed by atoms with Gasteiger partial charge in [-0.1, -0.05) is 12.5 Å². The monoisotopic (exact) mass is 252 g/mol. The minimum absolute atomic E-state index is 0.0528. The number of aliphatic hydroxyl groups excluding tert-OH is 1. The minimum atomic E-state index is -0.718. The molecule has 2 aliphatic rings. The zero-order chi connectivity index (χ0) is 13.6. The fourth-order valence-corrected chi connectivity index (χ4v) is 3.55. The Morgan fingerprint density at radius 2 is 1.94 bits per heavy atom. The van der Waals surface area contributed by atoms with Crippen LogP contribution in [0.3, 0.4) is 0 Å². The predicted octanol–water partition coefficient (Wildman–Crippen LogP) is 2.21. The molecular formula is C15H24O3. The SMILES string of the molecule is CC12CCC(O)C(C=O)=C1CC(C(C)(C)O)CC2. The van der Waals surface area contributed by atoms with Gasteiger partial charge in [-0.25, -0.2) is 0 Å². The van der Waals surface area contributed by atoms with E-state index < -0.39 is 11.7 Å². The fraction of sp³-hybridized carbons (Fsp3) is 0.800. The molecule has 0 radical (unpaired) electrons. The summed E-state index contributed by atoms with van der Waals surface area (Å²) in [6.45, 7) is 5.86. The molecule has 3 heteroatoms. The first kappa shape index (κ1) is 13.8. The molecule has 3 unspecified atom stereocenters. The van der Waals surface area contributed by atoms with Gasteiger partial charge >= 0.3 is 0 Å². The molecule has 1 fully saturated rings. The molecule has 0 aromatic rings. The number of carbonyl (C=O) groups is 1. The van der Waals surface area contributed by atoms with Gasteiger partial charge in [0.15, 0.2) is 0 Å². The van der Waals surface area contributed by atoms with Gasteiger partial charge in [0.2, 0.25) is 0 Å². The van der Waals surface area contributed by atoms with Gasteiger partial charge in [-0.15, -0.1) is 0 Å². The van der Waals surface area contributed by atoms with Crippen LogP contribution in [0.5, 0.6) is 0 Å². The van der Waals surface area contributed by atoms with Crippen molar-refractivity contribution in [3.63, 3.8) is 0 Å². The lowest BCUT2D eigenvalue weighted by Crippen LogP contribution is -2.41. The number of hydrogen-bond acceptors (Lipinski definition) is 3. The van der Waals surface area contributed by atoms with Gasteiger partial charge in [-0.3, -0.25) is 4.79 Å². The molecule has 2 N–H and O–H groups in total. The third-order valence-corrected chi connectivity index (χ3v) is 5.03. The van der Waals surface area contributed by atoms with Crippen LogP contribution >= 0.6 is 0 Å². The van der Waals surface area contributed by atoms with Crippen molar-refractivity contribution in [3.8, 4) is 0 Å². The number of fused-ring (bicyclic) bond motifs is 1.